The molecule has 2 fully saturated rings. The molecule has 3 rings (SSSR count). The second-order valence-corrected chi connectivity index (χ2v) is 7.67. The molecule has 0 spiro atoms. The lowest BCUT2D eigenvalue weighted by molar-refractivity contribution is -0.136. The number of piperidine rings is 1. The summed E-state index contributed by atoms with van der Waals surface area (Å²) in [5.41, 5.74) is 1.12. The van der Waals surface area contributed by atoms with Gasteiger partial charge < -0.3 is 14.9 Å². The summed E-state index contributed by atoms with van der Waals surface area (Å²) < 4.78 is 0. The molecule has 2 aliphatic heterocycles. The summed E-state index contributed by atoms with van der Waals surface area (Å²) in [6.07, 6.45) is 1.60. The molecule has 2 saturated heterocycles. The Kier molecular flexibility index (Phi) is 6.34. The van der Waals surface area contributed by atoms with Crippen molar-refractivity contribution in [3.63, 3.8) is 0 Å². The topological polar surface area (TPSA) is 47.0 Å². The first kappa shape index (κ1) is 18.6. The van der Waals surface area contributed by atoms with Crippen molar-refractivity contribution in [2.24, 2.45) is 0 Å². The quantitative estimate of drug-likeness (QED) is 0.878. The van der Waals surface area contributed by atoms with Crippen molar-refractivity contribution in [1.29, 1.82) is 0 Å². The Balaban J connectivity index is 1.46. The molecule has 1 amide bonds. The van der Waals surface area contributed by atoms with Crippen LogP contribution in [-0.2, 0) is 11.2 Å². The molecule has 2 atom stereocenters. The number of aryl methyl sites for hydroxylation is 1. The Morgan fingerprint density at radius 2 is 1.84 bits per heavy atom. The standard InChI is InChI=1S/C19H28ClN3O2/c1-21-10-12-22(13-11-21)17-8-9-23(14-18(17)24)19(25)7-4-15-2-5-16(20)6-3-15/h2-3,5-6,17-18,24H,4,7-14H2,1H3/t17-,18-/m1/s1. The minimum Gasteiger partial charge on any atom is -0.390 e. The van der Waals surface area contributed by atoms with E-state index in [0.717, 1.165) is 44.7 Å². The van der Waals surface area contributed by atoms with Gasteiger partial charge in [-0.25, -0.2) is 0 Å². The molecule has 0 aliphatic carbocycles. The van der Waals surface area contributed by atoms with Crippen molar-refractivity contribution in [1.82, 2.24) is 14.7 Å². The smallest absolute Gasteiger partial charge is 0.222 e. The van der Waals surface area contributed by atoms with Gasteiger partial charge in [0.25, 0.3) is 0 Å². The van der Waals surface area contributed by atoms with Crippen LogP contribution < -0.4 is 0 Å². The number of benzene rings is 1. The van der Waals surface area contributed by atoms with Crippen LogP contribution in [0, 0.1) is 0 Å². The van der Waals surface area contributed by atoms with Crippen molar-refractivity contribution in [2.45, 2.75) is 31.4 Å². The van der Waals surface area contributed by atoms with E-state index >= 15 is 0 Å². The number of amides is 1. The number of hydrogen-bond donors (Lipinski definition) is 1. The van der Waals surface area contributed by atoms with Crippen LogP contribution in [0.5, 0.6) is 0 Å². The Labute approximate surface area is 155 Å². The maximum atomic E-state index is 12.5. The second kappa shape index (κ2) is 8.49. The molecular weight excluding hydrogens is 338 g/mol. The van der Waals surface area contributed by atoms with Crippen LogP contribution >= 0.6 is 11.6 Å². The third-order valence-corrected chi connectivity index (χ3v) is 5.70. The van der Waals surface area contributed by atoms with E-state index in [1.807, 2.05) is 29.2 Å². The highest BCUT2D eigenvalue weighted by Gasteiger charge is 2.34. The Morgan fingerprint density at radius 3 is 2.48 bits per heavy atom. The molecular formula is C19H28ClN3O2. The fraction of sp³-hybridized carbons (Fsp3) is 0.632. The number of carbonyl (C=O) groups is 1. The Bertz CT molecular complexity index is 573. The summed E-state index contributed by atoms with van der Waals surface area (Å²) in [6.45, 7) is 5.30. The van der Waals surface area contributed by atoms with E-state index < -0.39 is 6.10 Å². The Hall–Kier alpha value is -1.14. The fourth-order valence-corrected chi connectivity index (χ4v) is 3.91. The first-order valence-electron chi connectivity index (χ1n) is 9.16. The molecule has 1 aromatic rings. The van der Waals surface area contributed by atoms with Gasteiger partial charge in [-0.05, 0) is 37.6 Å². The summed E-state index contributed by atoms with van der Waals surface area (Å²) >= 11 is 5.89. The number of aliphatic hydroxyl groups excluding tert-OH is 1. The van der Waals surface area contributed by atoms with E-state index in [-0.39, 0.29) is 11.9 Å². The average Bonchev–Trinajstić information content (AvgIpc) is 2.62. The lowest BCUT2D eigenvalue weighted by atomic mass is 9.98. The van der Waals surface area contributed by atoms with E-state index in [4.69, 9.17) is 11.6 Å². The molecule has 0 aromatic heterocycles. The predicted octanol–water partition coefficient (Wildman–Crippen LogP) is 1.48. The number of likely N-dealkylation sites (tertiary alicyclic amines) is 1. The van der Waals surface area contributed by atoms with Gasteiger partial charge in [0.05, 0.1) is 6.10 Å². The normalized spacial score (nSPS) is 26.0. The number of carbonyl (C=O) groups excluding carboxylic acids is 1. The van der Waals surface area contributed by atoms with Gasteiger partial charge in [-0.3, -0.25) is 9.69 Å². The SMILES string of the molecule is CN1CCN([C@@H]2CCN(C(=O)CCc3ccc(Cl)cc3)C[C@H]2O)CC1. The number of hydrogen-bond acceptors (Lipinski definition) is 4. The molecule has 0 saturated carbocycles. The number of piperazine rings is 1. The first-order valence-corrected chi connectivity index (χ1v) is 9.53. The number of aliphatic hydroxyl groups is 1. The summed E-state index contributed by atoms with van der Waals surface area (Å²) in [5.74, 6) is 0.130. The third kappa shape index (κ3) is 4.94. The number of nitrogens with zero attached hydrogens (tertiary/aromatic N) is 3. The van der Waals surface area contributed by atoms with E-state index in [0.29, 0.717) is 24.4 Å². The molecule has 1 aromatic carbocycles. The summed E-state index contributed by atoms with van der Waals surface area (Å²) in [5, 5.41) is 11.3. The number of β-amino-alcohol motifs (C(OH)–C–C–N with tert-alkyl or cyclic N) is 1. The van der Waals surface area contributed by atoms with Gasteiger partial charge in [-0.2, -0.15) is 0 Å². The Morgan fingerprint density at radius 1 is 1.16 bits per heavy atom. The van der Waals surface area contributed by atoms with Crippen LogP contribution in [0.2, 0.25) is 5.02 Å². The van der Waals surface area contributed by atoms with Crippen LogP contribution in [0.4, 0.5) is 0 Å². The average molecular weight is 366 g/mol. The molecule has 0 unspecified atom stereocenters. The van der Waals surface area contributed by atoms with E-state index in [1.54, 1.807) is 0 Å². The minimum absolute atomic E-state index is 0.130. The van der Waals surface area contributed by atoms with Gasteiger partial charge in [0.1, 0.15) is 0 Å². The predicted molar refractivity (Wildman–Crippen MR) is 99.8 cm³/mol. The summed E-state index contributed by atoms with van der Waals surface area (Å²) in [6, 6.07) is 7.82. The van der Waals surface area contributed by atoms with Crippen molar-refractivity contribution in [2.75, 3.05) is 46.3 Å². The molecule has 5 nitrogen and oxygen atoms in total. The molecule has 25 heavy (non-hydrogen) atoms. The number of halogens is 1. The highest BCUT2D eigenvalue weighted by Crippen LogP contribution is 2.20. The highest BCUT2D eigenvalue weighted by molar-refractivity contribution is 6.30. The van der Waals surface area contributed by atoms with E-state index in [9.17, 15) is 9.90 Å². The van der Waals surface area contributed by atoms with Crippen LogP contribution in [0.25, 0.3) is 0 Å². The van der Waals surface area contributed by atoms with Crippen LogP contribution in [0.1, 0.15) is 18.4 Å². The lowest BCUT2D eigenvalue weighted by Crippen LogP contribution is -2.59. The van der Waals surface area contributed by atoms with Crippen LogP contribution in [0.3, 0.4) is 0 Å². The van der Waals surface area contributed by atoms with Crippen LogP contribution in [-0.4, -0.2) is 84.2 Å². The third-order valence-electron chi connectivity index (χ3n) is 5.45. The summed E-state index contributed by atoms with van der Waals surface area (Å²) in [4.78, 5) is 19.0. The highest BCUT2D eigenvalue weighted by atomic mass is 35.5. The molecule has 0 bridgehead atoms. The second-order valence-electron chi connectivity index (χ2n) is 7.23. The first-order chi connectivity index (χ1) is 12.0. The number of likely N-dealkylation sites (N-methyl/N-ethyl adjacent to an activating group) is 1. The zero-order valence-electron chi connectivity index (χ0n) is 14.9. The summed E-state index contributed by atoms with van der Waals surface area (Å²) in [7, 11) is 2.13. The zero-order valence-corrected chi connectivity index (χ0v) is 15.7. The van der Waals surface area contributed by atoms with Crippen molar-refractivity contribution >= 4 is 17.5 Å². The van der Waals surface area contributed by atoms with Gasteiger partial charge in [-0.15, -0.1) is 0 Å². The molecule has 138 valence electrons. The van der Waals surface area contributed by atoms with E-state index in [2.05, 4.69) is 16.8 Å². The number of rotatable bonds is 4. The monoisotopic (exact) mass is 365 g/mol. The molecule has 2 aliphatic rings. The minimum atomic E-state index is -0.448. The molecule has 1 N–H and O–H groups in total. The van der Waals surface area contributed by atoms with Crippen LogP contribution in [0.15, 0.2) is 24.3 Å². The molecule has 0 radical (unpaired) electrons. The van der Waals surface area contributed by atoms with Gasteiger partial charge in [0, 0.05) is 56.8 Å². The van der Waals surface area contributed by atoms with Gasteiger partial charge in [0.15, 0.2) is 0 Å². The van der Waals surface area contributed by atoms with Crippen molar-refractivity contribution < 1.29 is 9.90 Å². The largest absolute Gasteiger partial charge is 0.390 e. The maximum Gasteiger partial charge on any atom is 0.222 e. The van der Waals surface area contributed by atoms with E-state index in [1.165, 1.54) is 0 Å². The van der Waals surface area contributed by atoms with Gasteiger partial charge in [0.2, 0.25) is 5.91 Å². The van der Waals surface area contributed by atoms with Crippen molar-refractivity contribution in [3.05, 3.63) is 34.9 Å². The molecule has 2 heterocycles. The zero-order chi connectivity index (χ0) is 17.8. The van der Waals surface area contributed by atoms with Gasteiger partial charge >= 0.3 is 0 Å². The maximum absolute atomic E-state index is 12.5. The van der Waals surface area contributed by atoms with Gasteiger partial charge in [-0.1, -0.05) is 23.7 Å². The van der Waals surface area contributed by atoms with Crippen molar-refractivity contribution in [3.8, 4) is 0 Å². The lowest BCUT2D eigenvalue weighted by Gasteiger charge is -2.44. The molecule has 6 heteroatoms. The fourth-order valence-electron chi connectivity index (χ4n) is 3.79.